The number of esters is 2. The average molecular weight is 414 g/mol. The Morgan fingerprint density at radius 3 is 2.62 bits per heavy atom. The van der Waals surface area contributed by atoms with Crippen molar-refractivity contribution in [1.29, 1.82) is 0 Å². The van der Waals surface area contributed by atoms with Gasteiger partial charge < -0.3 is 14.5 Å². The summed E-state index contributed by atoms with van der Waals surface area (Å²) in [5.74, 6) is -1.39. The molecule has 3 rings (SSSR count). The number of nitrogens with zero attached hydrogens (tertiary/aromatic N) is 1. The number of aryl methyl sites for hydroxylation is 2. The van der Waals surface area contributed by atoms with Crippen LogP contribution >= 0.6 is 11.3 Å². The van der Waals surface area contributed by atoms with E-state index in [9.17, 15) is 14.4 Å². The van der Waals surface area contributed by atoms with Crippen molar-refractivity contribution in [1.82, 2.24) is 9.97 Å². The van der Waals surface area contributed by atoms with E-state index in [1.165, 1.54) is 25.4 Å². The number of aromatic amines is 1. The van der Waals surface area contributed by atoms with E-state index in [1.807, 2.05) is 24.3 Å². The molecule has 0 spiro atoms. The molecule has 0 unspecified atom stereocenters. The first-order valence-corrected chi connectivity index (χ1v) is 9.99. The Hall–Kier alpha value is -3.00. The van der Waals surface area contributed by atoms with Gasteiger partial charge in [-0.25, -0.2) is 9.78 Å². The maximum Gasteiger partial charge on any atom is 0.339 e. The Labute approximate surface area is 172 Å². The van der Waals surface area contributed by atoms with Crippen molar-refractivity contribution >= 4 is 39.3 Å². The second-order valence-electron chi connectivity index (χ2n) is 6.69. The molecule has 2 aromatic heterocycles. The second kappa shape index (κ2) is 8.57. The van der Waals surface area contributed by atoms with Crippen LogP contribution < -0.4 is 0 Å². The Balaban J connectivity index is 1.62. The second-order valence-corrected chi connectivity index (χ2v) is 7.80. The first-order chi connectivity index (χ1) is 13.8. The summed E-state index contributed by atoms with van der Waals surface area (Å²) in [6.45, 7) is 4.86. The minimum Gasteiger partial charge on any atom is -0.465 e. The maximum absolute atomic E-state index is 12.7. The van der Waals surface area contributed by atoms with Gasteiger partial charge in [0.05, 0.1) is 40.0 Å². The van der Waals surface area contributed by atoms with Gasteiger partial charge in [-0.05, 0) is 38.5 Å². The quantitative estimate of drug-likeness (QED) is 0.467. The summed E-state index contributed by atoms with van der Waals surface area (Å²) in [5.41, 5.74) is 2.49. The zero-order valence-electron chi connectivity index (χ0n) is 16.7. The summed E-state index contributed by atoms with van der Waals surface area (Å²) < 4.78 is 11.1. The van der Waals surface area contributed by atoms with Crippen LogP contribution in [0.3, 0.4) is 0 Å². The lowest BCUT2D eigenvalue weighted by Gasteiger charge is -2.12. The molecule has 0 aliphatic heterocycles. The standard InChI is InChI=1S/C21H22N2O5S/c1-11-18(21(26)27-4)12(2)22-19(11)20(25)13(3)28-17(24)10-9-16-23-14-7-5-6-8-15(14)29-16/h5-8,13,22H,9-10H2,1-4H3/t13-/m0/s1. The zero-order valence-corrected chi connectivity index (χ0v) is 17.5. The third-order valence-electron chi connectivity index (χ3n) is 4.63. The molecular weight excluding hydrogens is 392 g/mol. The third kappa shape index (κ3) is 4.37. The van der Waals surface area contributed by atoms with Crippen LogP contribution in [-0.4, -0.2) is 40.9 Å². The van der Waals surface area contributed by atoms with E-state index in [-0.39, 0.29) is 12.1 Å². The number of para-hydroxylation sites is 1. The predicted molar refractivity (Wildman–Crippen MR) is 109 cm³/mol. The van der Waals surface area contributed by atoms with E-state index in [0.29, 0.717) is 23.2 Å². The maximum atomic E-state index is 12.7. The number of Topliss-reactive ketones (excluding diaryl/α,β-unsaturated/α-hetero) is 1. The van der Waals surface area contributed by atoms with Crippen LogP contribution in [0.1, 0.15) is 50.5 Å². The molecule has 1 N–H and O–H groups in total. The number of ether oxygens (including phenoxy) is 2. The molecule has 1 aromatic carbocycles. The number of hydrogen-bond acceptors (Lipinski definition) is 7. The van der Waals surface area contributed by atoms with Crippen LogP contribution in [-0.2, 0) is 20.7 Å². The number of thiazole rings is 1. The Kier molecular flexibility index (Phi) is 6.12. The van der Waals surface area contributed by atoms with Gasteiger partial charge >= 0.3 is 11.9 Å². The molecule has 7 nitrogen and oxygen atoms in total. The fourth-order valence-corrected chi connectivity index (χ4v) is 4.12. The highest BCUT2D eigenvalue weighted by atomic mass is 32.1. The molecular formula is C21H22N2O5S. The van der Waals surface area contributed by atoms with Gasteiger partial charge in [0.2, 0.25) is 5.78 Å². The monoisotopic (exact) mass is 414 g/mol. The normalized spacial score (nSPS) is 12.0. The lowest BCUT2D eigenvalue weighted by molar-refractivity contribution is -0.146. The van der Waals surface area contributed by atoms with Crippen molar-refractivity contribution in [2.45, 2.75) is 39.7 Å². The molecule has 29 heavy (non-hydrogen) atoms. The lowest BCUT2D eigenvalue weighted by atomic mass is 10.1. The Morgan fingerprint density at radius 2 is 1.93 bits per heavy atom. The number of ketones is 1. The van der Waals surface area contributed by atoms with Crippen molar-refractivity contribution in [2.24, 2.45) is 0 Å². The number of nitrogens with one attached hydrogen (secondary N) is 1. The van der Waals surface area contributed by atoms with Crippen molar-refractivity contribution in [3.63, 3.8) is 0 Å². The first kappa shape index (κ1) is 20.7. The van der Waals surface area contributed by atoms with Crippen LogP contribution in [0, 0.1) is 13.8 Å². The molecule has 8 heteroatoms. The molecule has 0 aliphatic rings. The summed E-state index contributed by atoms with van der Waals surface area (Å²) in [6, 6.07) is 7.78. The van der Waals surface area contributed by atoms with Gasteiger partial charge in [-0.3, -0.25) is 9.59 Å². The van der Waals surface area contributed by atoms with E-state index in [0.717, 1.165) is 15.2 Å². The molecule has 0 aliphatic carbocycles. The molecule has 1 atom stereocenters. The number of benzene rings is 1. The Morgan fingerprint density at radius 1 is 1.21 bits per heavy atom. The summed E-state index contributed by atoms with van der Waals surface area (Å²) in [7, 11) is 1.28. The highest BCUT2D eigenvalue weighted by Crippen LogP contribution is 2.23. The van der Waals surface area contributed by atoms with E-state index in [2.05, 4.69) is 9.97 Å². The van der Waals surface area contributed by atoms with Crippen LogP contribution in [0.25, 0.3) is 10.2 Å². The van der Waals surface area contributed by atoms with E-state index in [4.69, 9.17) is 9.47 Å². The molecule has 0 saturated heterocycles. The minimum absolute atomic E-state index is 0.133. The first-order valence-electron chi connectivity index (χ1n) is 9.17. The summed E-state index contributed by atoms with van der Waals surface area (Å²) in [6.07, 6.45) is -0.389. The van der Waals surface area contributed by atoms with Crippen LogP contribution in [0.15, 0.2) is 24.3 Å². The van der Waals surface area contributed by atoms with Gasteiger partial charge in [0.1, 0.15) is 0 Å². The number of hydrogen-bond donors (Lipinski definition) is 1. The van der Waals surface area contributed by atoms with Gasteiger partial charge in [0, 0.05) is 12.1 Å². The number of rotatable bonds is 7. The molecule has 0 saturated carbocycles. The number of H-pyrrole nitrogens is 1. The molecule has 0 radical (unpaired) electrons. The third-order valence-corrected chi connectivity index (χ3v) is 5.73. The van der Waals surface area contributed by atoms with Crippen molar-refractivity contribution in [3.8, 4) is 0 Å². The van der Waals surface area contributed by atoms with Crippen LogP contribution in [0.5, 0.6) is 0 Å². The summed E-state index contributed by atoms with van der Waals surface area (Å²) >= 11 is 1.54. The topological polar surface area (TPSA) is 98.4 Å². The van der Waals surface area contributed by atoms with Gasteiger partial charge in [-0.2, -0.15) is 0 Å². The fraction of sp³-hybridized carbons (Fsp3) is 0.333. The van der Waals surface area contributed by atoms with Gasteiger partial charge in [0.15, 0.2) is 6.10 Å². The van der Waals surface area contributed by atoms with Crippen molar-refractivity contribution < 1.29 is 23.9 Å². The largest absolute Gasteiger partial charge is 0.465 e. The molecule has 0 amide bonds. The van der Waals surface area contributed by atoms with Gasteiger partial charge in [-0.1, -0.05) is 12.1 Å². The SMILES string of the molecule is COC(=O)c1c(C)[nH]c(C(=O)[C@H](C)OC(=O)CCc2nc3ccccc3s2)c1C. The van der Waals surface area contributed by atoms with E-state index < -0.39 is 23.8 Å². The molecule has 3 aromatic rings. The van der Waals surface area contributed by atoms with Crippen LogP contribution in [0.2, 0.25) is 0 Å². The van der Waals surface area contributed by atoms with Gasteiger partial charge in [-0.15, -0.1) is 11.3 Å². The number of carbonyl (C=O) groups is 3. The molecule has 0 fully saturated rings. The number of carbonyl (C=O) groups excluding carboxylic acids is 3. The number of aromatic nitrogens is 2. The minimum atomic E-state index is -0.972. The fourth-order valence-electron chi connectivity index (χ4n) is 3.15. The van der Waals surface area contributed by atoms with E-state index in [1.54, 1.807) is 13.8 Å². The van der Waals surface area contributed by atoms with Crippen molar-refractivity contribution in [3.05, 3.63) is 51.8 Å². The van der Waals surface area contributed by atoms with Crippen molar-refractivity contribution in [2.75, 3.05) is 7.11 Å². The highest BCUT2D eigenvalue weighted by molar-refractivity contribution is 7.18. The summed E-state index contributed by atoms with van der Waals surface area (Å²) in [5, 5.41) is 0.848. The molecule has 152 valence electrons. The summed E-state index contributed by atoms with van der Waals surface area (Å²) in [4.78, 5) is 44.2. The smallest absolute Gasteiger partial charge is 0.339 e. The average Bonchev–Trinajstić information content (AvgIpc) is 3.25. The lowest BCUT2D eigenvalue weighted by Crippen LogP contribution is -2.25. The zero-order chi connectivity index (χ0) is 21.1. The molecule has 0 bridgehead atoms. The Bertz CT molecular complexity index is 1050. The van der Waals surface area contributed by atoms with E-state index >= 15 is 0 Å². The predicted octanol–water partition coefficient (Wildman–Crippen LogP) is 3.78. The number of methoxy groups -OCH3 is 1. The van der Waals surface area contributed by atoms with Gasteiger partial charge in [0.25, 0.3) is 0 Å². The highest BCUT2D eigenvalue weighted by Gasteiger charge is 2.27. The number of fused-ring (bicyclic) bond motifs is 1. The van der Waals surface area contributed by atoms with Crippen LogP contribution in [0.4, 0.5) is 0 Å². The molecule has 2 heterocycles.